The molecule has 2 aromatic carbocycles. The third-order valence-corrected chi connectivity index (χ3v) is 6.35. The van der Waals surface area contributed by atoms with Crippen molar-refractivity contribution < 1.29 is 13.9 Å². The first-order valence-electron chi connectivity index (χ1n) is 10.5. The number of aromatic nitrogens is 3. The van der Waals surface area contributed by atoms with Gasteiger partial charge in [-0.1, -0.05) is 48.2 Å². The number of nitrogens with zero attached hydrogens (tertiary/aromatic N) is 4. The van der Waals surface area contributed by atoms with Crippen LogP contribution in [-0.4, -0.2) is 37.5 Å². The van der Waals surface area contributed by atoms with Crippen molar-refractivity contribution in [3.05, 3.63) is 70.8 Å². The lowest BCUT2D eigenvalue weighted by atomic mass is 10.1. The molecule has 0 radical (unpaired) electrons. The highest BCUT2D eigenvalue weighted by atomic mass is 32.2. The molecule has 0 bridgehead atoms. The van der Waals surface area contributed by atoms with Gasteiger partial charge in [-0.25, -0.2) is 9.07 Å². The number of thioether (sulfide) groups is 1. The number of hydrogen-bond donors (Lipinski definition) is 1. The largest absolute Gasteiger partial charge is 0.485 e. The quantitative estimate of drug-likeness (QED) is 0.392. The molecule has 0 saturated heterocycles. The molecule has 32 heavy (non-hydrogen) atoms. The fraction of sp³-hybridized carbons (Fsp3) is 0.348. The van der Waals surface area contributed by atoms with Crippen LogP contribution in [0.2, 0.25) is 0 Å². The topological polar surface area (TPSA) is 86.3 Å². The van der Waals surface area contributed by atoms with Crippen LogP contribution in [0.3, 0.4) is 0 Å². The van der Waals surface area contributed by atoms with E-state index in [0.717, 1.165) is 29.7 Å². The van der Waals surface area contributed by atoms with E-state index in [9.17, 15) is 9.18 Å². The van der Waals surface area contributed by atoms with Crippen molar-refractivity contribution in [1.29, 1.82) is 0 Å². The highest BCUT2D eigenvalue weighted by Crippen LogP contribution is 2.30. The molecule has 1 saturated carbocycles. The zero-order chi connectivity index (χ0) is 22.7. The Labute approximate surface area is 190 Å². The minimum atomic E-state index is -0.297. The van der Waals surface area contributed by atoms with Crippen LogP contribution in [0.15, 0.2) is 47.6 Å². The molecule has 168 valence electrons. The number of benzene rings is 2. The highest BCUT2D eigenvalue weighted by Gasteiger charge is 2.33. The third-order valence-electron chi connectivity index (χ3n) is 5.42. The standard InChI is InChI=1S/C23H26FN5O2S/c1-15-6-5-7-16(2)22(15)31-13-20-26-27-23(29(20)25)32-14-21(30)28(18-10-11-18)12-17-8-3-4-9-19(17)24/h3-9,18H,10-14,25H2,1-2H3. The van der Waals surface area contributed by atoms with Gasteiger partial charge in [-0.3, -0.25) is 4.79 Å². The number of amides is 1. The summed E-state index contributed by atoms with van der Waals surface area (Å²) >= 11 is 1.22. The average molecular weight is 456 g/mol. The summed E-state index contributed by atoms with van der Waals surface area (Å²) in [6, 6.07) is 12.7. The minimum Gasteiger partial charge on any atom is -0.485 e. The predicted octanol–water partition coefficient (Wildman–Crippen LogP) is 3.61. The van der Waals surface area contributed by atoms with Gasteiger partial charge in [0.1, 0.15) is 18.2 Å². The first-order valence-corrected chi connectivity index (χ1v) is 11.5. The zero-order valence-corrected chi connectivity index (χ0v) is 18.9. The second-order valence-electron chi connectivity index (χ2n) is 7.91. The second-order valence-corrected chi connectivity index (χ2v) is 8.85. The zero-order valence-electron chi connectivity index (χ0n) is 18.1. The van der Waals surface area contributed by atoms with E-state index in [4.69, 9.17) is 10.6 Å². The Balaban J connectivity index is 1.36. The van der Waals surface area contributed by atoms with Crippen molar-refractivity contribution in [1.82, 2.24) is 19.8 Å². The van der Waals surface area contributed by atoms with Crippen molar-refractivity contribution in [3.8, 4) is 5.75 Å². The van der Waals surface area contributed by atoms with E-state index >= 15 is 0 Å². The Bertz CT molecular complexity index is 1100. The molecule has 0 unspecified atom stereocenters. The maximum atomic E-state index is 14.1. The number of carbonyl (C=O) groups is 1. The summed E-state index contributed by atoms with van der Waals surface area (Å²) in [5.41, 5.74) is 2.58. The highest BCUT2D eigenvalue weighted by molar-refractivity contribution is 7.99. The fourth-order valence-electron chi connectivity index (χ4n) is 3.49. The summed E-state index contributed by atoms with van der Waals surface area (Å²) in [5.74, 6) is 7.18. The maximum Gasteiger partial charge on any atom is 0.233 e. The van der Waals surface area contributed by atoms with Gasteiger partial charge in [-0.2, -0.15) is 0 Å². The molecular formula is C23H26FN5O2S. The third kappa shape index (κ3) is 5.04. The molecule has 1 aliphatic carbocycles. The van der Waals surface area contributed by atoms with Crippen LogP contribution in [0.25, 0.3) is 0 Å². The molecule has 1 aliphatic rings. The van der Waals surface area contributed by atoms with E-state index in [1.165, 1.54) is 22.5 Å². The molecule has 0 spiro atoms. The molecule has 1 heterocycles. The van der Waals surface area contributed by atoms with E-state index in [2.05, 4.69) is 10.2 Å². The van der Waals surface area contributed by atoms with Crippen LogP contribution in [-0.2, 0) is 17.9 Å². The summed E-state index contributed by atoms with van der Waals surface area (Å²) in [4.78, 5) is 14.6. The molecule has 4 rings (SSSR count). The number of nitrogens with two attached hydrogens (primary N) is 1. The second kappa shape index (κ2) is 9.60. The lowest BCUT2D eigenvalue weighted by molar-refractivity contribution is -0.129. The molecule has 2 N–H and O–H groups in total. The first kappa shape index (κ1) is 22.1. The number of aryl methyl sites for hydroxylation is 2. The van der Waals surface area contributed by atoms with Crippen LogP contribution in [0.5, 0.6) is 5.75 Å². The Kier molecular flexibility index (Phi) is 6.64. The van der Waals surface area contributed by atoms with Crippen molar-refractivity contribution >= 4 is 17.7 Å². The van der Waals surface area contributed by atoms with Crippen LogP contribution in [0.1, 0.15) is 35.4 Å². The number of para-hydroxylation sites is 1. The van der Waals surface area contributed by atoms with Gasteiger partial charge in [0, 0.05) is 18.2 Å². The molecule has 0 aliphatic heterocycles. The van der Waals surface area contributed by atoms with Crippen molar-refractivity contribution in [2.75, 3.05) is 11.6 Å². The number of ether oxygens (including phenoxy) is 1. The van der Waals surface area contributed by atoms with E-state index in [1.54, 1.807) is 23.1 Å². The number of rotatable bonds is 9. The van der Waals surface area contributed by atoms with Gasteiger partial charge in [0.05, 0.1) is 5.75 Å². The molecule has 9 heteroatoms. The monoisotopic (exact) mass is 455 g/mol. The SMILES string of the molecule is Cc1cccc(C)c1OCc1nnc(SCC(=O)N(Cc2ccccc2F)C2CC2)n1N. The fourth-order valence-corrected chi connectivity index (χ4v) is 4.26. The first-order chi connectivity index (χ1) is 15.4. The van der Waals surface area contributed by atoms with Crippen LogP contribution in [0, 0.1) is 19.7 Å². The summed E-state index contributed by atoms with van der Waals surface area (Å²) in [6.07, 6.45) is 1.88. The number of carbonyl (C=O) groups excluding carboxylic acids is 1. The summed E-state index contributed by atoms with van der Waals surface area (Å²) in [5, 5.41) is 8.64. The van der Waals surface area contributed by atoms with Gasteiger partial charge < -0.3 is 15.5 Å². The molecule has 3 aromatic rings. The van der Waals surface area contributed by atoms with Crippen molar-refractivity contribution in [2.45, 2.75) is 51.0 Å². The van der Waals surface area contributed by atoms with E-state index in [1.807, 2.05) is 32.0 Å². The minimum absolute atomic E-state index is 0.0721. The van der Waals surface area contributed by atoms with Crippen LogP contribution >= 0.6 is 11.8 Å². The van der Waals surface area contributed by atoms with Gasteiger partial charge >= 0.3 is 0 Å². The Morgan fingerprint density at radius 1 is 1.19 bits per heavy atom. The van der Waals surface area contributed by atoms with Gasteiger partial charge in [0.2, 0.25) is 11.1 Å². The molecule has 0 atom stereocenters. The molecule has 1 amide bonds. The van der Waals surface area contributed by atoms with Crippen molar-refractivity contribution in [3.63, 3.8) is 0 Å². The Morgan fingerprint density at radius 2 is 1.91 bits per heavy atom. The summed E-state index contributed by atoms with van der Waals surface area (Å²) in [6.45, 7) is 4.40. The van der Waals surface area contributed by atoms with Gasteiger partial charge in [0.25, 0.3) is 0 Å². The van der Waals surface area contributed by atoms with Gasteiger partial charge in [-0.15, -0.1) is 10.2 Å². The maximum absolute atomic E-state index is 14.1. The molecular weight excluding hydrogens is 429 g/mol. The van der Waals surface area contributed by atoms with Crippen molar-refractivity contribution in [2.24, 2.45) is 0 Å². The van der Waals surface area contributed by atoms with Crippen LogP contribution < -0.4 is 10.6 Å². The number of nitrogen functional groups attached to an aromatic ring is 1. The number of halogens is 1. The normalized spacial score (nSPS) is 13.2. The average Bonchev–Trinajstić information content (AvgIpc) is 3.55. The molecule has 1 aromatic heterocycles. The van der Waals surface area contributed by atoms with Gasteiger partial charge in [0.15, 0.2) is 5.82 Å². The molecule has 1 fully saturated rings. The molecule has 7 nitrogen and oxygen atoms in total. The van der Waals surface area contributed by atoms with E-state index in [0.29, 0.717) is 16.5 Å². The lowest BCUT2D eigenvalue weighted by Gasteiger charge is -2.22. The number of hydrogen-bond acceptors (Lipinski definition) is 6. The predicted molar refractivity (Wildman–Crippen MR) is 121 cm³/mol. The summed E-state index contributed by atoms with van der Waals surface area (Å²) < 4.78 is 21.3. The van der Waals surface area contributed by atoms with E-state index < -0.39 is 0 Å². The smallest absolute Gasteiger partial charge is 0.233 e. The van der Waals surface area contributed by atoms with E-state index in [-0.39, 0.29) is 36.7 Å². The Hall–Kier alpha value is -3.07. The summed E-state index contributed by atoms with van der Waals surface area (Å²) in [7, 11) is 0. The van der Waals surface area contributed by atoms with Crippen LogP contribution in [0.4, 0.5) is 4.39 Å². The van der Waals surface area contributed by atoms with Gasteiger partial charge in [-0.05, 0) is 43.9 Å². The lowest BCUT2D eigenvalue weighted by Crippen LogP contribution is -2.34. The Morgan fingerprint density at radius 3 is 2.59 bits per heavy atom.